The molecule has 0 aliphatic carbocycles. The second kappa shape index (κ2) is 10.7. The van der Waals surface area contributed by atoms with Crippen LogP contribution in [0.25, 0.3) is 0 Å². The third kappa shape index (κ3) is 5.89. The molecule has 0 saturated heterocycles. The quantitative estimate of drug-likeness (QED) is 0.436. The Hall–Kier alpha value is -1.72. The van der Waals surface area contributed by atoms with Gasteiger partial charge in [-0.1, -0.05) is 11.6 Å². The molecule has 0 bridgehead atoms. The Kier molecular flexibility index (Phi) is 8.64. The van der Waals surface area contributed by atoms with Gasteiger partial charge < -0.3 is 15.0 Å². The third-order valence-corrected chi connectivity index (χ3v) is 6.22. The number of carbonyl (C=O) groups excluding carboxylic acids is 1. The molecule has 0 fully saturated rings. The maximum atomic E-state index is 12.2. The van der Waals surface area contributed by atoms with Gasteiger partial charge in [-0.2, -0.15) is 0 Å². The molecule has 152 valence electrons. The zero-order valence-electron chi connectivity index (χ0n) is 16.9. The van der Waals surface area contributed by atoms with Gasteiger partial charge in [0.25, 0.3) is 0 Å². The van der Waals surface area contributed by atoms with E-state index < -0.39 is 0 Å². The van der Waals surface area contributed by atoms with Crippen molar-refractivity contribution in [3.8, 4) is 5.75 Å². The summed E-state index contributed by atoms with van der Waals surface area (Å²) in [5.41, 5.74) is 3.91. The lowest BCUT2D eigenvalue weighted by atomic mass is 10.1. The number of halogens is 2. The van der Waals surface area contributed by atoms with Crippen molar-refractivity contribution in [2.75, 3.05) is 29.9 Å². The van der Waals surface area contributed by atoms with Crippen LogP contribution in [0, 0.1) is 13.8 Å². The second-order valence-corrected chi connectivity index (χ2v) is 7.83. The predicted octanol–water partition coefficient (Wildman–Crippen LogP) is 6.36. The van der Waals surface area contributed by atoms with Crippen LogP contribution in [0.2, 0.25) is 5.02 Å². The van der Waals surface area contributed by atoms with E-state index in [-0.39, 0.29) is 5.91 Å². The number of carbonyl (C=O) groups is 1. The normalized spacial score (nSPS) is 10.6. The Morgan fingerprint density at radius 3 is 2.43 bits per heavy atom. The second-order valence-electron chi connectivity index (χ2n) is 6.66. The number of ether oxygens (including phenoxy) is 1. The van der Waals surface area contributed by atoms with Crippen molar-refractivity contribution in [3.63, 3.8) is 0 Å². The predicted molar refractivity (Wildman–Crippen MR) is 122 cm³/mol. The van der Waals surface area contributed by atoms with E-state index in [1.165, 1.54) is 0 Å². The molecule has 0 atom stereocenters. The molecule has 0 aliphatic rings. The van der Waals surface area contributed by atoms with Gasteiger partial charge in [-0.15, -0.1) is 0 Å². The van der Waals surface area contributed by atoms with Crippen molar-refractivity contribution < 1.29 is 9.53 Å². The molecule has 0 saturated carbocycles. The van der Waals surface area contributed by atoms with Gasteiger partial charge in [-0.05, 0) is 91.5 Å². The lowest BCUT2D eigenvalue weighted by Crippen LogP contribution is -2.21. The molecule has 6 heteroatoms. The topological polar surface area (TPSA) is 41.6 Å². The minimum atomic E-state index is -0.0123. The summed E-state index contributed by atoms with van der Waals surface area (Å²) in [6.07, 6.45) is 1.04. The van der Waals surface area contributed by atoms with E-state index in [4.69, 9.17) is 16.3 Å². The molecule has 0 spiro atoms. The summed E-state index contributed by atoms with van der Waals surface area (Å²) < 4.78 is 6.69. The fraction of sp³-hybridized carbons (Fsp3) is 0.409. The van der Waals surface area contributed by atoms with Crippen molar-refractivity contribution >= 4 is 44.8 Å². The maximum Gasteiger partial charge on any atom is 0.224 e. The Bertz CT molecular complexity index is 805. The fourth-order valence-corrected chi connectivity index (χ4v) is 3.68. The molecule has 0 aromatic heterocycles. The molecule has 0 unspecified atom stereocenters. The van der Waals surface area contributed by atoms with Gasteiger partial charge in [-0.25, -0.2) is 0 Å². The molecule has 1 amide bonds. The molecule has 2 aromatic carbocycles. The molecule has 4 nitrogen and oxygen atoms in total. The van der Waals surface area contributed by atoms with Crippen LogP contribution in [0.5, 0.6) is 5.75 Å². The minimum Gasteiger partial charge on any atom is -0.492 e. The van der Waals surface area contributed by atoms with Gasteiger partial charge in [0.05, 0.1) is 11.1 Å². The summed E-state index contributed by atoms with van der Waals surface area (Å²) in [4.78, 5) is 14.4. The van der Waals surface area contributed by atoms with Gasteiger partial charge in [0.15, 0.2) is 0 Å². The maximum absolute atomic E-state index is 12.2. The van der Waals surface area contributed by atoms with Gasteiger partial charge in [0.1, 0.15) is 5.75 Å². The highest BCUT2D eigenvalue weighted by Crippen LogP contribution is 2.35. The summed E-state index contributed by atoms with van der Waals surface area (Å²) in [6.45, 7) is 10.6. The Morgan fingerprint density at radius 1 is 1.18 bits per heavy atom. The number of benzene rings is 2. The van der Waals surface area contributed by atoms with Crippen LogP contribution in [-0.4, -0.2) is 25.6 Å². The van der Waals surface area contributed by atoms with Crippen LogP contribution in [0.3, 0.4) is 0 Å². The molecule has 2 aromatic rings. The number of hydrogen-bond donors (Lipinski definition) is 1. The molecular formula is C22H28BrClN2O2. The number of nitrogens with zero attached hydrogens (tertiary/aromatic N) is 1. The van der Waals surface area contributed by atoms with Gasteiger partial charge >= 0.3 is 0 Å². The van der Waals surface area contributed by atoms with E-state index in [0.29, 0.717) is 19.4 Å². The number of hydrogen-bond acceptors (Lipinski definition) is 3. The van der Waals surface area contributed by atoms with Crippen molar-refractivity contribution in [2.45, 2.75) is 40.5 Å². The molecule has 0 aliphatic heterocycles. The number of amides is 1. The van der Waals surface area contributed by atoms with Gasteiger partial charge in [-0.3, -0.25) is 4.79 Å². The van der Waals surface area contributed by atoms with Crippen molar-refractivity contribution in [3.05, 3.63) is 51.0 Å². The lowest BCUT2D eigenvalue weighted by molar-refractivity contribution is -0.116. The Morgan fingerprint density at radius 2 is 1.82 bits per heavy atom. The van der Waals surface area contributed by atoms with E-state index in [9.17, 15) is 4.79 Å². The van der Waals surface area contributed by atoms with Crippen LogP contribution >= 0.6 is 27.5 Å². The monoisotopic (exact) mass is 466 g/mol. The summed E-state index contributed by atoms with van der Waals surface area (Å²) in [5, 5.41) is 3.68. The van der Waals surface area contributed by atoms with Crippen LogP contribution in [0.4, 0.5) is 11.4 Å². The lowest BCUT2D eigenvalue weighted by Gasteiger charge is -2.21. The van der Waals surface area contributed by atoms with E-state index in [0.717, 1.165) is 50.8 Å². The Labute approximate surface area is 181 Å². The molecule has 0 heterocycles. The SMILES string of the molecule is CCN(CC)c1ccc(NC(=O)CCCOc2cc(C)c(Cl)c(C)c2Br)cc1. The number of anilines is 2. The first-order chi connectivity index (χ1) is 13.4. The number of nitrogens with one attached hydrogen (secondary N) is 1. The first-order valence-electron chi connectivity index (χ1n) is 9.60. The van der Waals surface area contributed by atoms with Crippen molar-refractivity contribution in [1.29, 1.82) is 0 Å². The van der Waals surface area contributed by atoms with Crippen LogP contribution < -0.4 is 15.0 Å². The summed E-state index contributed by atoms with van der Waals surface area (Å²) in [6, 6.07) is 9.87. The minimum absolute atomic E-state index is 0.0123. The third-order valence-electron chi connectivity index (χ3n) is 4.65. The smallest absolute Gasteiger partial charge is 0.224 e. The average Bonchev–Trinajstić information content (AvgIpc) is 2.69. The molecule has 28 heavy (non-hydrogen) atoms. The molecule has 2 rings (SSSR count). The summed E-state index contributed by atoms with van der Waals surface area (Å²) >= 11 is 9.76. The standard InChI is InChI=1S/C22H28BrClN2O2/c1-5-26(6-2)18-11-9-17(10-12-18)25-20(27)8-7-13-28-19-14-15(3)22(24)16(4)21(19)23/h9-12,14H,5-8,13H2,1-4H3,(H,25,27). The van der Waals surface area contributed by atoms with Gasteiger partial charge in [0, 0.05) is 35.9 Å². The van der Waals surface area contributed by atoms with Crippen LogP contribution in [0.15, 0.2) is 34.8 Å². The van der Waals surface area contributed by atoms with E-state index >= 15 is 0 Å². The van der Waals surface area contributed by atoms with E-state index in [1.54, 1.807) is 0 Å². The summed E-state index contributed by atoms with van der Waals surface area (Å²) in [7, 11) is 0. The van der Waals surface area contributed by atoms with Crippen LogP contribution in [0.1, 0.15) is 37.8 Å². The Balaban J connectivity index is 1.80. The van der Waals surface area contributed by atoms with E-state index in [2.05, 4.69) is 40.0 Å². The fourth-order valence-electron chi connectivity index (χ4n) is 2.99. The van der Waals surface area contributed by atoms with E-state index in [1.807, 2.05) is 44.2 Å². The highest BCUT2D eigenvalue weighted by atomic mass is 79.9. The van der Waals surface area contributed by atoms with Crippen molar-refractivity contribution in [2.24, 2.45) is 0 Å². The first kappa shape index (κ1) is 22.6. The summed E-state index contributed by atoms with van der Waals surface area (Å²) in [5.74, 6) is 0.744. The largest absolute Gasteiger partial charge is 0.492 e. The zero-order chi connectivity index (χ0) is 20.7. The average molecular weight is 468 g/mol. The zero-order valence-corrected chi connectivity index (χ0v) is 19.3. The number of aryl methyl sites for hydroxylation is 1. The van der Waals surface area contributed by atoms with Crippen molar-refractivity contribution in [1.82, 2.24) is 0 Å². The van der Waals surface area contributed by atoms with Crippen LogP contribution in [-0.2, 0) is 4.79 Å². The van der Waals surface area contributed by atoms with Gasteiger partial charge in [0.2, 0.25) is 5.91 Å². The molecule has 0 radical (unpaired) electrons. The molecule has 1 N–H and O–H groups in total. The number of rotatable bonds is 9. The molecular weight excluding hydrogens is 440 g/mol. The highest BCUT2D eigenvalue weighted by Gasteiger charge is 2.11. The highest BCUT2D eigenvalue weighted by molar-refractivity contribution is 9.10. The first-order valence-corrected chi connectivity index (χ1v) is 10.8.